The molecule has 1 saturated carbocycles. The van der Waals surface area contributed by atoms with Crippen molar-refractivity contribution in [1.82, 2.24) is 14.7 Å². The highest BCUT2D eigenvalue weighted by atomic mass is 32.1. The van der Waals surface area contributed by atoms with Crippen LogP contribution < -0.4 is 5.32 Å². The van der Waals surface area contributed by atoms with Gasteiger partial charge in [0.15, 0.2) is 0 Å². The molecule has 0 bridgehead atoms. The number of nitrogens with one attached hydrogen (secondary N) is 1. The van der Waals surface area contributed by atoms with Crippen LogP contribution in [0.2, 0.25) is 0 Å². The average Bonchev–Trinajstić information content (AvgIpc) is 3.18. The van der Waals surface area contributed by atoms with Gasteiger partial charge in [0, 0.05) is 22.9 Å². The number of carbonyl (C=O) groups is 1. The zero-order chi connectivity index (χ0) is 16.6. The first-order valence-corrected chi connectivity index (χ1v) is 8.89. The largest absolute Gasteiger partial charge is 0.323 e. The van der Waals surface area contributed by atoms with Gasteiger partial charge in [-0.2, -0.15) is 5.10 Å². The van der Waals surface area contributed by atoms with E-state index in [-0.39, 0.29) is 6.03 Å². The van der Waals surface area contributed by atoms with Gasteiger partial charge in [-0.3, -0.25) is 5.32 Å². The number of nitrogens with zero attached hydrogens (tertiary/aromatic N) is 3. The molecule has 0 spiro atoms. The van der Waals surface area contributed by atoms with Crippen molar-refractivity contribution in [2.45, 2.75) is 46.2 Å². The number of carbonyl (C=O) groups excluding carboxylic acids is 1. The van der Waals surface area contributed by atoms with Gasteiger partial charge in [0.1, 0.15) is 5.82 Å². The van der Waals surface area contributed by atoms with Crippen LogP contribution in [0.15, 0.2) is 18.2 Å². The third-order valence-electron chi connectivity index (χ3n) is 4.32. The molecular weight excluding hydrogens is 308 g/mol. The summed E-state index contributed by atoms with van der Waals surface area (Å²) in [6, 6.07) is 6.35. The van der Waals surface area contributed by atoms with Gasteiger partial charge in [0.05, 0.1) is 18.3 Å². The molecule has 0 unspecified atom stereocenters. The summed E-state index contributed by atoms with van der Waals surface area (Å²) in [7, 11) is 1.82. The summed E-state index contributed by atoms with van der Waals surface area (Å²) in [5, 5.41) is 7.57. The fourth-order valence-corrected chi connectivity index (χ4v) is 3.72. The minimum atomic E-state index is -0.0970. The van der Waals surface area contributed by atoms with Gasteiger partial charge in [-0.25, -0.2) is 9.48 Å². The Labute approximate surface area is 141 Å². The normalized spacial score (nSPS) is 15.5. The lowest BCUT2D eigenvalue weighted by molar-refractivity contribution is 0.220. The number of hydrogen-bond donors (Lipinski definition) is 1. The molecular formula is C17H24N4OS. The number of aromatic nitrogens is 2. The molecule has 2 heterocycles. The summed E-state index contributed by atoms with van der Waals surface area (Å²) in [4.78, 5) is 16.6. The van der Waals surface area contributed by atoms with Crippen molar-refractivity contribution in [3.63, 3.8) is 0 Å². The molecule has 3 rings (SSSR count). The summed E-state index contributed by atoms with van der Waals surface area (Å²) in [5.41, 5.74) is 0.935. The minimum Gasteiger partial charge on any atom is -0.322 e. The van der Waals surface area contributed by atoms with E-state index < -0.39 is 0 Å². The Morgan fingerprint density at radius 1 is 1.48 bits per heavy atom. The van der Waals surface area contributed by atoms with Gasteiger partial charge in [-0.05, 0) is 51.7 Å². The van der Waals surface area contributed by atoms with E-state index in [0.717, 1.165) is 11.5 Å². The van der Waals surface area contributed by atoms with E-state index in [0.29, 0.717) is 18.5 Å². The highest BCUT2D eigenvalue weighted by molar-refractivity contribution is 7.11. The van der Waals surface area contributed by atoms with Crippen LogP contribution in [0.3, 0.4) is 0 Å². The summed E-state index contributed by atoms with van der Waals surface area (Å²) in [6.45, 7) is 6.84. The SMILES string of the molecule is Cc1cc(NC(=O)N(C)Cc2ccc(C)s2)n([C@@H](C)C2CC2)n1. The lowest BCUT2D eigenvalue weighted by atomic mass is 10.2. The van der Waals surface area contributed by atoms with Crippen LogP contribution in [-0.4, -0.2) is 27.8 Å². The lowest BCUT2D eigenvalue weighted by Crippen LogP contribution is -2.31. The van der Waals surface area contributed by atoms with E-state index >= 15 is 0 Å². The molecule has 1 fully saturated rings. The Balaban J connectivity index is 1.67. The summed E-state index contributed by atoms with van der Waals surface area (Å²) < 4.78 is 1.97. The molecule has 5 nitrogen and oxygen atoms in total. The van der Waals surface area contributed by atoms with Gasteiger partial charge in [-0.15, -0.1) is 11.3 Å². The monoisotopic (exact) mass is 332 g/mol. The van der Waals surface area contributed by atoms with E-state index in [4.69, 9.17) is 0 Å². The van der Waals surface area contributed by atoms with Gasteiger partial charge < -0.3 is 4.90 Å². The van der Waals surface area contributed by atoms with E-state index in [1.54, 1.807) is 16.2 Å². The van der Waals surface area contributed by atoms with Crippen LogP contribution in [0.4, 0.5) is 10.6 Å². The molecule has 1 N–H and O–H groups in total. The Bertz CT molecular complexity index is 701. The molecule has 1 aliphatic carbocycles. The summed E-state index contributed by atoms with van der Waals surface area (Å²) in [5.74, 6) is 1.48. The Hall–Kier alpha value is -1.82. The molecule has 2 amide bonds. The van der Waals surface area contributed by atoms with Crippen LogP contribution in [0.25, 0.3) is 0 Å². The number of hydrogen-bond acceptors (Lipinski definition) is 3. The molecule has 2 aromatic rings. The van der Waals surface area contributed by atoms with E-state index in [9.17, 15) is 4.79 Å². The summed E-state index contributed by atoms with van der Waals surface area (Å²) >= 11 is 1.72. The van der Waals surface area contributed by atoms with Crippen LogP contribution >= 0.6 is 11.3 Å². The van der Waals surface area contributed by atoms with Gasteiger partial charge in [0.25, 0.3) is 0 Å². The molecule has 1 aliphatic rings. The molecule has 124 valence electrons. The molecule has 1 atom stereocenters. The van der Waals surface area contributed by atoms with Gasteiger partial charge in [-0.1, -0.05) is 0 Å². The number of thiophene rings is 1. The first kappa shape index (κ1) is 16.1. The number of aryl methyl sites for hydroxylation is 2. The number of anilines is 1. The number of amides is 2. The van der Waals surface area contributed by atoms with Crippen LogP contribution in [0.1, 0.15) is 41.3 Å². The van der Waals surface area contributed by atoms with Crippen molar-refractivity contribution in [3.05, 3.63) is 33.6 Å². The zero-order valence-corrected chi connectivity index (χ0v) is 15.0. The Morgan fingerprint density at radius 2 is 2.22 bits per heavy atom. The number of rotatable bonds is 5. The van der Waals surface area contributed by atoms with Crippen molar-refractivity contribution in [3.8, 4) is 0 Å². The zero-order valence-electron chi connectivity index (χ0n) is 14.2. The quantitative estimate of drug-likeness (QED) is 0.892. The van der Waals surface area contributed by atoms with Crippen LogP contribution in [-0.2, 0) is 6.54 Å². The van der Waals surface area contributed by atoms with Crippen molar-refractivity contribution >= 4 is 23.2 Å². The molecule has 6 heteroatoms. The third-order valence-corrected chi connectivity index (χ3v) is 5.30. The molecule has 0 aliphatic heterocycles. The lowest BCUT2D eigenvalue weighted by Gasteiger charge is -2.19. The molecule has 0 aromatic carbocycles. The maximum atomic E-state index is 12.5. The van der Waals surface area contributed by atoms with Crippen molar-refractivity contribution in [1.29, 1.82) is 0 Å². The first-order chi connectivity index (χ1) is 10.9. The predicted molar refractivity (Wildman–Crippen MR) is 93.9 cm³/mol. The second-order valence-electron chi connectivity index (χ2n) is 6.49. The Morgan fingerprint density at radius 3 is 2.83 bits per heavy atom. The van der Waals surface area contributed by atoms with Crippen molar-refractivity contribution in [2.75, 3.05) is 12.4 Å². The van der Waals surface area contributed by atoms with Crippen molar-refractivity contribution in [2.24, 2.45) is 5.92 Å². The first-order valence-electron chi connectivity index (χ1n) is 8.07. The predicted octanol–water partition coefficient (Wildman–Crippen LogP) is 4.20. The molecule has 2 aromatic heterocycles. The standard InChI is InChI=1S/C17H24N4OS/c1-11-9-16(21(19-11)13(3)14-6-7-14)18-17(22)20(4)10-15-8-5-12(2)23-15/h5,8-9,13-14H,6-7,10H2,1-4H3,(H,18,22)/t13-/m0/s1. The topological polar surface area (TPSA) is 50.2 Å². The van der Waals surface area contributed by atoms with Gasteiger partial charge >= 0.3 is 6.03 Å². The van der Waals surface area contributed by atoms with Crippen LogP contribution in [0.5, 0.6) is 0 Å². The highest BCUT2D eigenvalue weighted by Crippen LogP contribution is 2.40. The second-order valence-corrected chi connectivity index (χ2v) is 7.86. The fraction of sp³-hybridized carbons (Fsp3) is 0.529. The fourth-order valence-electron chi connectivity index (χ4n) is 2.78. The van der Waals surface area contributed by atoms with Crippen molar-refractivity contribution < 1.29 is 4.79 Å². The van der Waals surface area contributed by atoms with E-state index in [1.165, 1.54) is 22.6 Å². The smallest absolute Gasteiger partial charge is 0.322 e. The molecule has 23 heavy (non-hydrogen) atoms. The average molecular weight is 332 g/mol. The highest BCUT2D eigenvalue weighted by Gasteiger charge is 2.31. The maximum Gasteiger partial charge on any atom is 0.323 e. The second kappa shape index (κ2) is 6.35. The van der Waals surface area contributed by atoms with Gasteiger partial charge in [0.2, 0.25) is 0 Å². The maximum absolute atomic E-state index is 12.5. The molecule has 0 radical (unpaired) electrons. The Kier molecular flexibility index (Phi) is 4.43. The van der Waals surface area contributed by atoms with E-state index in [2.05, 4.69) is 36.4 Å². The minimum absolute atomic E-state index is 0.0970. The van der Waals surface area contributed by atoms with E-state index in [1.807, 2.05) is 24.7 Å². The summed E-state index contributed by atoms with van der Waals surface area (Å²) in [6.07, 6.45) is 2.51. The number of urea groups is 1. The third kappa shape index (κ3) is 3.75. The molecule has 0 saturated heterocycles. The van der Waals surface area contributed by atoms with Crippen LogP contribution in [0, 0.1) is 19.8 Å².